The smallest absolute Gasteiger partial charge is 0.255 e. The van der Waals surface area contributed by atoms with Crippen molar-refractivity contribution in [2.45, 2.75) is 13.8 Å². The van der Waals surface area contributed by atoms with Crippen LogP contribution in [0.1, 0.15) is 11.1 Å². The van der Waals surface area contributed by atoms with Crippen molar-refractivity contribution in [2.75, 3.05) is 19.0 Å². The molecule has 0 saturated carbocycles. The first-order chi connectivity index (χ1) is 15.0. The van der Waals surface area contributed by atoms with Gasteiger partial charge in [-0.3, -0.25) is 9.20 Å². The Hall–Kier alpha value is -4.00. The molecule has 0 spiro atoms. The monoisotopic (exact) mass is 416 g/mol. The zero-order valence-electron chi connectivity index (χ0n) is 17.7. The lowest BCUT2D eigenvalue weighted by atomic mass is 10.1. The number of hydrogen-bond donors (Lipinski definition) is 2. The number of fused-ring (bicyclic) bond motifs is 1. The Morgan fingerprint density at radius 1 is 1.10 bits per heavy atom. The molecule has 3 N–H and O–H groups in total. The third-order valence-electron chi connectivity index (χ3n) is 5.07. The molecule has 7 heteroatoms. The number of benzene rings is 2. The van der Waals surface area contributed by atoms with Crippen LogP contribution in [0, 0.1) is 13.8 Å². The predicted molar refractivity (Wildman–Crippen MR) is 121 cm³/mol. The van der Waals surface area contributed by atoms with Gasteiger partial charge in [-0.15, -0.1) is 0 Å². The standard InChI is InChI=1S/C24H24N4O3/c1-15-7-6-8-16(2)22(15)27-24-23(26-21-9-4-5-12-28(21)24)18-13-17(30-3)10-11-19(18)31-14-20(25)29/h4-13,27H,14H2,1-3H3,(H2,25,29). The van der Waals surface area contributed by atoms with Gasteiger partial charge in [-0.2, -0.15) is 0 Å². The Balaban J connectivity index is 1.92. The van der Waals surface area contributed by atoms with E-state index < -0.39 is 5.91 Å². The minimum atomic E-state index is -0.550. The molecule has 0 aliphatic heterocycles. The Kier molecular flexibility index (Phi) is 5.49. The molecule has 0 radical (unpaired) electrons. The topological polar surface area (TPSA) is 90.9 Å². The number of aryl methyl sites for hydroxylation is 2. The fourth-order valence-corrected chi connectivity index (χ4v) is 3.53. The number of para-hydroxylation sites is 1. The normalized spacial score (nSPS) is 10.8. The molecule has 0 unspecified atom stereocenters. The number of nitrogens with zero attached hydrogens (tertiary/aromatic N) is 2. The van der Waals surface area contributed by atoms with Crippen molar-refractivity contribution in [1.29, 1.82) is 0 Å². The maximum atomic E-state index is 11.3. The molecule has 2 aromatic heterocycles. The fourth-order valence-electron chi connectivity index (χ4n) is 3.53. The van der Waals surface area contributed by atoms with Gasteiger partial charge in [-0.05, 0) is 55.3 Å². The number of methoxy groups -OCH3 is 1. The van der Waals surface area contributed by atoms with E-state index in [9.17, 15) is 4.79 Å². The summed E-state index contributed by atoms with van der Waals surface area (Å²) < 4.78 is 13.1. The number of primary amides is 1. The van der Waals surface area contributed by atoms with E-state index in [0.717, 1.165) is 28.3 Å². The Morgan fingerprint density at radius 2 is 1.87 bits per heavy atom. The van der Waals surface area contributed by atoms with Gasteiger partial charge >= 0.3 is 0 Å². The molecule has 0 atom stereocenters. The summed E-state index contributed by atoms with van der Waals surface area (Å²) in [4.78, 5) is 16.2. The highest BCUT2D eigenvalue weighted by Gasteiger charge is 2.20. The van der Waals surface area contributed by atoms with Crippen LogP contribution in [-0.2, 0) is 4.79 Å². The van der Waals surface area contributed by atoms with E-state index in [1.165, 1.54) is 0 Å². The maximum Gasteiger partial charge on any atom is 0.255 e. The van der Waals surface area contributed by atoms with Crippen LogP contribution in [0.5, 0.6) is 11.5 Å². The minimum Gasteiger partial charge on any atom is -0.497 e. The maximum absolute atomic E-state index is 11.3. The number of pyridine rings is 1. The lowest BCUT2D eigenvalue weighted by molar-refractivity contribution is -0.119. The second kappa shape index (κ2) is 8.39. The molecule has 0 saturated heterocycles. The van der Waals surface area contributed by atoms with Crippen molar-refractivity contribution in [1.82, 2.24) is 9.38 Å². The molecule has 0 aliphatic rings. The van der Waals surface area contributed by atoms with Crippen LogP contribution in [0.3, 0.4) is 0 Å². The van der Waals surface area contributed by atoms with Crippen molar-refractivity contribution in [2.24, 2.45) is 5.73 Å². The number of anilines is 2. The van der Waals surface area contributed by atoms with Gasteiger partial charge in [-0.25, -0.2) is 4.98 Å². The molecule has 0 bridgehead atoms. The summed E-state index contributed by atoms with van der Waals surface area (Å²) in [5.74, 6) is 1.37. The summed E-state index contributed by atoms with van der Waals surface area (Å²) in [5, 5.41) is 3.57. The van der Waals surface area contributed by atoms with E-state index in [2.05, 4.69) is 31.3 Å². The Morgan fingerprint density at radius 3 is 2.58 bits per heavy atom. The third-order valence-corrected chi connectivity index (χ3v) is 5.07. The number of amides is 1. The van der Waals surface area contributed by atoms with Crippen LogP contribution in [0.2, 0.25) is 0 Å². The third kappa shape index (κ3) is 4.02. The number of rotatable bonds is 7. The van der Waals surface area contributed by atoms with Crippen LogP contribution in [0.4, 0.5) is 11.5 Å². The number of aromatic nitrogens is 2. The average molecular weight is 416 g/mol. The molecule has 0 aliphatic carbocycles. The first-order valence-electron chi connectivity index (χ1n) is 9.87. The van der Waals surface area contributed by atoms with Crippen LogP contribution >= 0.6 is 0 Å². The fraction of sp³-hybridized carbons (Fsp3) is 0.167. The van der Waals surface area contributed by atoms with Crippen LogP contribution in [-0.4, -0.2) is 29.0 Å². The van der Waals surface area contributed by atoms with Crippen molar-refractivity contribution in [3.8, 4) is 22.8 Å². The first-order valence-corrected chi connectivity index (χ1v) is 9.87. The first kappa shape index (κ1) is 20.3. The predicted octanol–water partition coefficient (Wildman–Crippen LogP) is 4.23. The zero-order chi connectivity index (χ0) is 22.0. The van der Waals surface area contributed by atoms with E-state index >= 15 is 0 Å². The number of imidazole rings is 1. The van der Waals surface area contributed by atoms with Crippen molar-refractivity contribution in [3.05, 3.63) is 71.9 Å². The summed E-state index contributed by atoms with van der Waals surface area (Å²) in [6, 6.07) is 17.3. The molecule has 7 nitrogen and oxygen atoms in total. The van der Waals surface area contributed by atoms with E-state index in [-0.39, 0.29) is 6.61 Å². The number of nitrogens with two attached hydrogens (primary N) is 1. The molecule has 4 rings (SSSR count). The molecule has 31 heavy (non-hydrogen) atoms. The molecule has 2 aromatic carbocycles. The lowest BCUT2D eigenvalue weighted by Crippen LogP contribution is -2.20. The highest BCUT2D eigenvalue weighted by molar-refractivity contribution is 5.85. The lowest BCUT2D eigenvalue weighted by Gasteiger charge is -2.16. The molecule has 4 aromatic rings. The largest absolute Gasteiger partial charge is 0.497 e. The van der Waals surface area contributed by atoms with Crippen molar-refractivity contribution < 1.29 is 14.3 Å². The van der Waals surface area contributed by atoms with Gasteiger partial charge in [0.1, 0.15) is 28.7 Å². The summed E-state index contributed by atoms with van der Waals surface area (Å²) >= 11 is 0. The van der Waals surface area contributed by atoms with Crippen LogP contribution in [0.15, 0.2) is 60.8 Å². The van der Waals surface area contributed by atoms with Gasteiger partial charge in [0.25, 0.3) is 5.91 Å². The Labute approximate surface area is 180 Å². The van der Waals surface area contributed by atoms with Gasteiger partial charge in [-0.1, -0.05) is 24.3 Å². The molecule has 0 fully saturated rings. The Bertz CT molecular complexity index is 1240. The van der Waals surface area contributed by atoms with E-state index in [1.807, 2.05) is 40.9 Å². The highest BCUT2D eigenvalue weighted by atomic mass is 16.5. The second-order valence-corrected chi connectivity index (χ2v) is 7.25. The SMILES string of the molecule is COc1ccc(OCC(N)=O)c(-c2nc3ccccn3c2Nc2c(C)cccc2C)c1. The van der Waals surface area contributed by atoms with Crippen LogP contribution < -0.4 is 20.5 Å². The van der Waals surface area contributed by atoms with Crippen LogP contribution in [0.25, 0.3) is 16.9 Å². The van der Waals surface area contributed by atoms with E-state index in [1.54, 1.807) is 19.2 Å². The van der Waals surface area contributed by atoms with Gasteiger partial charge in [0.15, 0.2) is 6.61 Å². The molecular weight excluding hydrogens is 392 g/mol. The summed E-state index contributed by atoms with van der Waals surface area (Å²) in [6.07, 6.45) is 1.95. The van der Waals surface area contributed by atoms with E-state index in [0.29, 0.717) is 22.8 Å². The quantitative estimate of drug-likeness (QED) is 0.470. The highest BCUT2D eigenvalue weighted by Crippen LogP contribution is 2.39. The molecule has 158 valence electrons. The number of ether oxygens (including phenoxy) is 2. The van der Waals surface area contributed by atoms with Gasteiger partial charge < -0.3 is 20.5 Å². The zero-order valence-corrected chi connectivity index (χ0v) is 17.7. The summed E-state index contributed by atoms with van der Waals surface area (Å²) in [6.45, 7) is 3.89. The van der Waals surface area contributed by atoms with Crippen molar-refractivity contribution in [3.63, 3.8) is 0 Å². The number of hydrogen-bond acceptors (Lipinski definition) is 5. The van der Waals surface area contributed by atoms with Gasteiger partial charge in [0.2, 0.25) is 0 Å². The van der Waals surface area contributed by atoms with Gasteiger partial charge in [0.05, 0.1) is 7.11 Å². The van der Waals surface area contributed by atoms with E-state index in [4.69, 9.17) is 20.2 Å². The number of carbonyl (C=O) groups excluding carboxylic acids is 1. The van der Waals surface area contributed by atoms with Crippen molar-refractivity contribution >= 4 is 23.1 Å². The molecular formula is C24H24N4O3. The summed E-state index contributed by atoms with van der Waals surface area (Å²) in [7, 11) is 1.60. The molecule has 2 heterocycles. The summed E-state index contributed by atoms with van der Waals surface area (Å²) in [5.41, 5.74) is 10.7. The average Bonchev–Trinajstić information content (AvgIpc) is 3.13. The second-order valence-electron chi connectivity index (χ2n) is 7.25. The van der Waals surface area contributed by atoms with Gasteiger partial charge in [0, 0.05) is 17.4 Å². The number of carbonyl (C=O) groups is 1. The minimum absolute atomic E-state index is 0.230. The number of nitrogens with one attached hydrogen (secondary N) is 1. The molecule has 1 amide bonds.